The number of carbonyl (C=O) groups is 2. The van der Waals surface area contributed by atoms with E-state index in [1.54, 1.807) is 24.3 Å². The zero-order valence-electron chi connectivity index (χ0n) is 21.2. The molecule has 2 amide bonds. The van der Waals surface area contributed by atoms with Crippen LogP contribution in [0.1, 0.15) is 31.8 Å². The van der Waals surface area contributed by atoms with Gasteiger partial charge in [0.2, 0.25) is 0 Å². The third-order valence-corrected chi connectivity index (χ3v) is 6.31. The Labute approximate surface area is 234 Å². The van der Waals surface area contributed by atoms with E-state index in [-0.39, 0.29) is 36.6 Å². The second-order valence-electron chi connectivity index (χ2n) is 8.90. The number of aliphatic imine (C=N–C) groups is 2. The zero-order chi connectivity index (χ0) is 25.1. The number of hydrogen-bond acceptors (Lipinski definition) is 6. The number of likely N-dealkylation sites (N-methyl/N-ethyl adjacent to an activating group) is 2. The van der Waals surface area contributed by atoms with Crippen LogP contribution in [0.5, 0.6) is 0 Å². The van der Waals surface area contributed by atoms with E-state index in [1.165, 1.54) is 0 Å². The van der Waals surface area contributed by atoms with Crippen molar-refractivity contribution in [3.8, 4) is 0 Å². The molecule has 10 heteroatoms. The van der Waals surface area contributed by atoms with Gasteiger partial charge in [-0.05, 0) is 66.7 Å². The highest BCUT2D eigenvalue weighted by Crippen LogP contribution is 2.18. The van der Waals surface area contributed by atoms with Crippen molar-refractivity contribution >= 4 is 59.7 Å². The van der Waals surface area contributed by atoms with Gasteiger partial charge in [0.1, 0.15) is 11.7 Å². The van der Waals surface area contributed by atoms with Gasteiger partial charge in [-0.2, -0.15) is 0 Å². The molecule has 3 aromatic rings. The number of anilines is 2. The number of amides is 2. The highest BCUT2D eigenvalue weighted by molar-refractivity contribution is 6.09. The summed E-state index contributed by atoms with van der Waals surface area (Å²) in [5.41, 5.74) is 4.20. The minimum absolute atomic E-state index is 0. The molecule has 2 N–H and O–H groups in total. The van der Waals surface area contributed by atoms with Gasteiger partial charge in [0.15, 0.2) is 0 Å². The maximum atomic E-state index is 12.8. The number of benzene rings is 3. The summed E-state index contributed by atoms with van der Waals surface area (Å²) in [6, 6.07) is 21.9. The van der Waals surface area contributed by atoms with Crippen molar-refractivity contribution in [3.63, 3.8) is 0 Å². The predicted octanol–water partition coefficient (Wildman–Crippen LogP) is 4.42. The van der Waals surface area contributed by atoms with Gasteiger partial charge in [-0.3, -0.25) is 19.6 Å². The Morgan fingerprint density at radius 2 is 1.05 bits per heavy atom. The molecule has 0 radical (unpaired) electrons. The molecule has 0 fully saturated rings. The Balaban J connectivity index is 0.00000200. The van der Waals surface area contributed by atoms with Crippen LogP contribution in [0, 0.1) is 0 Å². The monoisotopic (exact) mass is 552 g/mol. The summed E-state index contributed by atoms with van der Waals surface area (Å²) in [6.07, 6.45) is 0. The Bertz CT molecular complexity index is 1260. The SMILES string of the molecule is CN1CCN=C1c1ccc(NC(=O)c2cccc(C(=O)Nc3ccc(C4=NCCN4C)cc3)c2)cc1.Cl.Cl. The van der Waals surface area contributed by atoms with Crippen LogP contribution < -0.4 is 10.6 Å². The molecule has 3 aromatic carbocycles. The van der Waals surface area contributed by atoms with Crippen molar-refractivity contribution in [2.45, 2.75) is 0 Å². The van der Waals surface area contributed by atoms with Crippen molar-refractivity contribution in [2.75, 3.05) is 50.9 Å². The lowest BCUT2D eigenvalue weighted by atomic mass is 10.1. The van der Waals surface area contributed by atoms with E-state index < -0.39 is 0 Å². The first-order valence-electron chi connectivity index (χ1n) is 11.9. The van der Waals surface area contributed by atoms with Gasteiger partial charge in [-0.25, -0.2) is 0 Å². The molecule has 5 rings (SSSR count). The van der Waals surface area contributed by atoms with E-state index in [4.69, 9.17) is 0 Å². The number of nitrogens with one attached hydrogen (secondary N) is 2. The van der Waals surface area contributed by atoms with Crippen LogP contribution in [0.4, 0.5) is 11.4 Å². The number of halogens is 2. The average molecular weight is 553 g/mol. The van der Waals surface area contributed by atoms with E-state index in [0.29, 0.717) is 22.5 Å². The molecule has 0 spiro atoms. The summed E-state index contributed by atoms with van der Waals surface area (Å²) < 4.78 is 0. The average Bonchev–Trinajstić information content (AvgIpc) is 3.53. The third-order valence-electron chi connectivity index (χ3n) is 6.31. The van der Waals surface area contributed by atoms with Crippen LogP contribution in [0.3, 0.4) is 0 Å². The Hall–Kier alpha value is -3.88. The Kier molecular flexibility index (Phi) is 9.50. The summed E-state index contributed by atoms with van der Waals surface area (Å²) >= 11 is 0. The molecule has 0 atom stereocenters. The maximum Gasteiger partial charge on any atom is 0.255 e. The van der Waals surface area contributed by atoms with E-state index in [9.17, 15) is 9.59 Å². The van der Waals surface area contributed by atoms with Gasteiger partial charge in [0, 0.05) is 60.8 Å². The first kappa shape index (κ1) is 28.7. The molecule has 198 valence electrons. The molecule has 0 saturated carbocycles. The molecule has 0 unspecified atom stereocenters. The fourth-order valence-electron chi connectivity index (χ4n) is 4.30. The fourth-order valence-corrected chi connectivity index (χ4v) is 4.30. The highest BCUT2D eigenvalue weighted by atomic mass is 35.5. The van der Waals surface area contributed by atoms with Crippen molar-refractivity contribution in [1.29, 1.82) is 0 Å². The maximum absolute atomic E-state index is 12.8. The van der Waals surface area contributed by atoms with Crippen LogP contribution in [-0.4, -0.2) is 73.6 Å². The van der Waals surface area contributed by atoms with Crippen molar-refractivity contribution in [3.05, 3.63) is 95.1 Å². The zero-order valence-corrected chi connectivity index (χ0v) is 22.8. The van der Waals surface area contributed by atoms with Crippen molar-refractivity contribution in [1.82, 2.24) is 9.80 Å². The van der Waals surface area contributed by atoms with Crippen LogP contribution in [0.25, 0.3) is 0 Å². The molecule has 0 aliphatic carbocycles. The standard InChI is InChI=1S/C28H28N6O2.2ClH/c1-33-16-14-29-25(33)19-6-10-23(11-7-19)31-27(35)21-4-3-5-22(18-21)28(36)32-24-12-8-20(9-13-24)26-30-15-17-34(26)2;;/h3-13,18H,14-17H2,1-2H3,(H,31,35)(H,32,36);2*1H. The van der Waals surface area contributed by atoms with Gasteiger partial charge < -0.3 is 20.4 Å². The molecule has 0 bridgehead atoms. The predicted molar refractivity (Wildman–Crippen MR) is 158 cm³/mol. The Morgan fingerprint density at radius 1 is 0.658 bits per heavy atom. The van der Waals surface area contributed by atoms with Gasteiger partial charge in [0.25, 0.3) is 11.8 Å². The Morgan fingerprint density at radius 3 is 1.39 bits per heavy atom. The summed E-state index contributed by atoms with van der Waals surface area (Å²) in [4.78, 5) is 38.9. The second kappa shape index (κ2) is 12.6. The van der Waals surface area contributed by atoms with Crippen molar-refractivity contribution in [2.24, 2.45) is 9.98 Å². The minimum Gasteiger partial charge on any atom is -0.358 e. The second-order valence-corrected chi connectivity index (χ2v) is 8.90. The lowest BCUT2D eigenvalue weighted by Gasteiger charge is -2.14. The number of amidine groups is 2. The van der Waals surface area contributed by atoms with Crippen molar-refractivity contribution < 1.29 is 9.59 Å². The quantitative estimate of drug-likeness (QED) is 0.473. The lowest BCUT2D eigenvalue weighted by Crippen LogP contribution is -2.23. The number of hydrogen-bond donors (Lipinski definition) is 2. The van der Waals surface area contributed by atoms with Crippen LogP contribution >= 0.6 is 24.8 Å². The van der Waals surface area contributed by atoms with Gasteiger partial charge in [-0.15, -0.1) is 24.8 Å². The minimum atomic E-state index is -0.279. The van der Waals surface area contributed by atoms with E-state index in [1.807, 2.05) is 62.6 Å². The first-order valence-corrected chi connectivity index (χ1v) is 11.9. The molecule has 2 aliphatic heterocycles. The number of rotatable bonds is 6. The fraction of sp³-hybridized carbons (Fsp3) is 0.214. The summed E-state index contributed by atoms with van der Waals surface area (Å²) in [5.74, 6) is 1.36. The first-order chi connectivity index (χ1) is 17.5. The molecule has 2 aliphatic rings. The third kappa shape index (κ3) is 6.33. The van der Waals surface area contributed by atoms with Crippen LogP contribution in [0.2, 0.25) is 0 Å². The van der Waals surface area contributed by atoms with Gasteiger partial charge >= 0.3 is 0 Å². The van der Waals surface area contributed by atoms with E-state index >= 15 is 0 Å². The smallest absolute Gasteiger partial charge is 0.255 e. The summed E-state index contributed by atoms with van der Waals surface area (Å²) in [6.45, 7) is 3.42. The number of carbonyl (C=O) groups excluding carboxylic acids is 2. The van der Waals surface area contributed by atoms with E-state index in [2.05, 4.69) is 30.4 Å². The van der Waals surface area contributed by atoms with Gasteiger partial charge in [0.05, 0.1) is 13.1 Å². The molecular formula is C28H30Cl2N6O2. The molecule has 38 heavy (non-hydrogen) atoms. The molecule has 0 saturated heterocycles. The van der Waals surface area contributed by atoms with E-state index in [0.717, 1.165) is 49.0 Å². The summed E-state index contributed by atoms with van der Waals surface area (Å²) in [5, 5.41) is 5.80. The van der Waals surface area contributed by atoms with Crippen LogP contribution in [-0.2, 0) is 0 Å². The normalized spacial score (nSPS) is 14.2. The lowest BCUT2D eigenvalue weighted by molar-refractivity contribution is 0.102. The molecule has 2 heterocycles. The molecular weight excluding hydrogens is 523 g/mol. The highest BCUT2D eigenvalue weighted by Gasteiger charge is 2.16. The van der Waals surface area contributed by atoms with Gasteiger partial charge in [-0.1, -0.05) is 6.07 Å². The van der Waals surface area contributed by atoms with Crippen LogP contribution in [0.15, 0.2) is 82.8 Å². The number of nitrogens with zero attached hydrogens (tertiary/aromatic N) is 4. The topological polar surface area (TPSA) is 89.4 Å². The molecule has 8 nitrogen and oxygen atoms in total. The summed E-state index contributed by atoms with van der Waals surface area (Å²) in [7, 11) is 4.04. The molecule has 0 aromatic heterocycles. The largest absolute Gasteiger partial charge is 0.358 e.